The van der Waals surface area contributed by atoms with Crippen molar-refractivity contribution in [1.82, 2.24) is 14.5 Å². The average molecular weight is 422 g/mol. The van der Waals surface area contributed by atoms with Crippen LogP contribution in [0.1, 0.15) is 47.9 Å². The van der Waals surface area contributed by atoms with E-state index < -0.39 is 0 Å². The third-order valence-corrected chi connectivity index (χ3v) is 6.00. The molecule has 5 nitrogen and oxygen atoms in total. The fourth-order valence-electron chi connectivity index (χ4n) is 4.24. The van der Waals surface area contributed by atoms with E-state index in [0.29, 0.717) is 19.4 Å². The van der Waals surface area contributed by atoms with Gasteiger partial charge >= 0.3 is 0 Å². The van der Waals surface area contributed by atoms with Crippen LogP contribution in [0.3, 0.4) is 0 Å². The molecule has 6 heteroatoms. The van der Waals surface area contributed by atoms with Crippen molar-refractivity contribution in [3.05, 3.63) is 83.2 Å². The van der Waals surface area contributed by atoms with Crippen LogP contribution in [0.2, 0.25) is 0 Å². The number of carbonyl (C=O) groups excluding carboxylic acids is 1. The van der Waals surface area contributed by atoms with Gasteiger partial charge in [-0.05, 0) is 61.6 Å². The van der Waals surface area contributed by atoms with Gasteiger partial charge in [-0.3, -0.25) is 4.79 Å². The van der Waals surface area contributed by atoms with Gasteiger partial charge in [0.25, 0.3) is 0 Å². The number of ether oxygens (including phenoxy) is 1. The monoisotopic (exact) mass is 421 g/mol. The van der Waals surface area contributed by atoms with Crippen molar-refractivity contribution in [3.8, 4) is 5.75 Å². The third-order valence-electron chi connectivity index (χ3n) is 6.00. The van der Waals surface area contributed by atoms with Crippen molar-refractivity contribution in [2.24, 2.45) is 0 Å². The smallest absolute Gasteiger partial charge is 0.223 e. The fraction of sp³-hybridized carbons (Fsp3) is 0.360. The normalized spacial score (nSPS) is 16.0. The predicted octanol–water partition coefficient (Wildman–Crippen LogP) is 4.68. The first-order chi connectivity index (χ1) is 15.0. The van der Waals surface area contributed by atoms with Gasteiger partial charge in [-0.1, -0.05) is 24.3 Å². The Morgan fingerprint density at radius 3 is 2.55 bits per heavy atom. The number of nitrogens with zero attached hydrogens (tertiary/aromatic N) is 3. The lowest BCUT2D eigenvalue weighted by molar-refractivity contribution is -0.132. The van der Waals surface area contributed by atoms with E-state index in [1.807, 2.05) is 42.3 Å². The van der Waals surface area contributed by atoms with Gasteiger partial charge in [0.2, 0.25) is 5.91 Å². The van der Waals surface area contributed by atoms with Gasteiger partial charge in [0.05, 0.1) is 13.2 Å². The molecular formula is C25H28FN3O2. The third kappa shape index (κ3) is 4.79. The Kier molecular flexibility index (Phi) is 6.35. The highest BCUT2D eigenvalue weighted by molar-refractivity contribution is 5.77. The van der Waals surface area contributed by atoms with E-state index in [4.69, 9.17) is 4.74 Å². The molecule has 0 spiro atoms. The lowest BCUT2D eigenvalue weighted by Crippen LogP contribution is -2.32. The number of benzene rings is 2. The maximum Gasteiger partial charge on any atom is 0.223 e. The van der Waals surface area contributed by atoms with Crippen molar-refractivity contribution in [3.63, 3.8) is 0 Å². The average Bonchev–Trinajstić information content (AvgIpc) is 3.41. The number of imidazole rings is 1. The van der Waals surface area contributed by atoms with Gasteiger partial charge in [-0.2, -0.15) is 0 Å². The van der Waals surface area contributed by atoms with E-state index in [1.54, 1.807) is 19.2 Å². The first-order valence-corrected chi connectivity index (χ1v) is 10.7. The molecule has 0 N–H and O–H groups in total. The zero-order valence-electron chi connectivity index (χ0n) is 18.1. The van der Waals surface area contributed by atoms with Crippen LogP contribution in [0.4, 0.5) is 4.39 Å². The van der Waals surface area contributed by atoms with E-state index in [2.05, 4.69) is 9.55 Å². The summed E-state index contributed by atoms with van der Waals surface area (Å²) in [5, 5.41) is 0. The molecule has 3 aromatic rings. The molecule has 2 heterocycles. The zero-order chi connectivity index (χ0) is 21.8. The van der Waals surface area contributed by atoms with Crippen molar-refractivity contribution in [2.75, 3.05) is 13.7 Å². The Balaban J connectivity index is 1.46. The van der Waals surface area contributed by atoms with Gasteiger partial charge in [0.15, 0.2) is 0 Å². The highest BCUT2D eigenvalue weighted by Crippen LogP contribution is 2.33. The standard InChI is InChI=1S/C25H28FN3O2/c1-18-16-27-25(29(18)17-20-5-10-21(26)11-6-20)23-4-3-15-28(23)24(30)14-9-19-7-12-22(31-2)13-8-19/h5-8,10-13,16,23H,3-4,9,14-15,17H2,1-2H3. The summed E-state index contributed by atoms with van der Waals surface area (Å²) in [5.74, 6) is 1.65. The minimum Gasteiger partial charge on any atom is -0.497 e. The summed E-state index contributed by atoms with van der Waals surface area (Å²) in [6.07, 6.45) is 4.92. The molecule has 2 aromatic carbocycles. The van der Waals surface area contributed by atoms with E-state index in [-0.39, 0.29) is 17.8 Å². The van der Waals surface area contributed by atoms with Gasteiger partial charge < -0.3 is 14.2 Å². The molecule has 31 heavy (non-hydrogen) atoms. The van der Waals surface area contributed by atoms with Crippen molar-refractivity contribution in [2.45, 2.75) is 45.2 Å². The molecule has 0 bridgehead atoms. The van der Waals surface area contributed by atoms with Gasteiger partial charge in [-0.15, -0.1) is 0 Å². The zero-order valence-corrected chi connectivity index (χ0v) is 18.1. The second-order valence-electron chi connectivity index (χ2n) is 8.06. The molecule has 1 fully saturated rings. The highest BCUT2D eigenvalue weighted by atomic mass is 19.1. The molecule has 0 saturated carbocycles. The SMILES string of the molecule is COc1ccc(CCC(=O)N2CCCC2c2ncc(C)n2Cc2ccc(F)cc2)cc1. The van der Waals surface area contributed by atoms with Crippen molar-refractivity contribution < 1.29 is 13.9 Å². The molecule has 1 aliphatic heterocycles. The van der Waals surface area contributed by atoms with Crippen LogP contribution in [0.5, 0.6) is 5.75 Å². The second kappa shape index (κ2) is 9.33. The quantitative estimate of drug-likeness (QED) is 0.556. The minimum atomic E-state index is -0.240. The number of aryl methyl sites for hydroxylation is 2. The lowest BCUT2D eigenvalue weighted by atomic mass is 10.1. The van der Waals surface area contributed by atoms with E-state index >= 15 is 0 Å². The Morgan fingerprint density at radius 1 is 1.13 bits per heavy atom. The molecular weight excluding hydrogens is 393 g/mol. The Bertz CT molecular complexity index is 1030. The van der Waals surface area contributed by atoms with Gasteiger partial charge in [0, 0.05) is 31.4 Å². The Labute approximate surface area is 182 Å². The topological polar surface area (TPSA) is 47.4 Å². The van der Waals surface area contributed by atoms with Crippen LogP contribution in [-0.4, -0.2) is 34.0 Å². The summed E-state index contributed by atoms with van der Waals surface area (Å²) in [5.41, 5.74) is 3.18. The molecule has 1 atom stereocenters. The van der Waals surface area contributed by atoms with Crippen LogP contribution in [0.15, 0.2) is 54.7 Å². The number of carbonyl (C=O) groups is 1. The molecule has 1 aliphatic rings. The number of amides is 1. The van der Waals surface area contributed by atoms with Crippen LogP contribution in [-0.2, 0) is 17.8 Å². The molecule has 1 aromatic heterocycles. The number of rotatable bonds is 7. The van der Waals surface area contributed by atoms with Crippen LogP contribution >= 0.6 is 0 Å². The summed E-state index contributed by atoms with van der Waals surface area (Å²) < 4.78 is 20.6. The summed E-state index contributed by atoms with van der Waals surface area (Å²) in [6, 6.07) is 14.4. The van der Waals surface area contributed by atoms with Gasteiger partial charge in [-0.25, -0.2) is 9.37 Å². The first-order valence-electron chi connectivity index (χ1n) is 10.7. The summed E-state index contributed by atoms with van der Waals surface area (Å²) in [6.45, 7) is 3.39. The van der Waals surface area contributed by atoms with E-state index in [0.717, 1.165) is 47.8 Å². The highest BCUT2D eigenvalue weighted by Gasteiger charge is 2.33. The maximum absolute atomic E-state index is 13.3. The summed E-state index contributed by atoms with van der Waals surface area (Å²) in [7, 11) is 1.65. The first kappa shape index (κ1) is 21.1. The lowest BCUT2D eigenvalue weighted by Gasteiger charge is -2.25. The maximum atomic E-state index is 13.3. The van der Waals surface area contributed by atoms with Crippen molar-refractivity contribution in [1.29, 1.82) is 0 Å². The van der Waals surface area contributed by atoms with Crippen LogP contribution in [0, 0.1) is 12.7 Å². The number of halogens is 1. The Morgan fingerprint density at radius 2 is 1.84 bits per heavy atom. The molecule has 0 radical (unpaired) electrons. The van der Waals surface area contributed by atoms with E-state index in [1.165, 1.54) is 12.1 Å². The minimum absolute atomic E-state index is 0.0162. The van der Waals surface area contributed by atoms with E-state index in [9.17, 15) is 9.18 Å². The largest absolute Gasteiger partial charge is 0.497 e. The molecule has 0 aliphatic carbocycles. The van der Waals surface area contributed by atoms with Crippen LogP contribution in [0.25, 0.3) is 0 Å². The number of hydrogen-bond acceptors (Lipinski definition) is 3. The van der Waals surface area contributed by atoms with Gasteiger partial charge in [0.1, 0.15) is 17.4 Å². The van der Waals surface area contributed by atoms with Crippen LogP contribution < -0.4 is 4.74 Å². The van der Waals surface area contributed by atoms with Crippen molar-refractivity contribution >= 4 is 5.91 Å². The number of aromatic nitrogens is 2. The molecule has 1 saturated heterocycles. The number of methoxy groups -OCH3 is 1. The molecule has 1 amide bonds. The second-order valence-corrected chi connectivity index (χ2v) is 8.06. The molecule has 4 rings (SSSR count). The fourth-order valence-corrected chi connectivity index (χ4v) is 4.24. The number of hydrogen-bond donors (Lipinski definition) is 0. The number of likely N-dealkylation sites (tertiary alicyclic amines) is 1. The molecule has 162 valence electrons. The Hall–Kier alpha value is -3.15. The summed E-state index contributed by atoms with van der Waals surface area (Å²) in [4.78, 5) is 19.7. The predicted molar refractivity (Wildman–Crippen MR) is 117 cm³/mol. The molecule has 1 unspecified atom stereocenters. The summed E-state index contributed by atoms with van der Waals surface area (Å²) >= 11 is 0.